The van der Waals surface area contributed by atoms with E-state index in [1.165, 1.54) is 12.1 Å². The predicted molar refractivity (Wildman–Crippen MR) is 82.7 cm³/mol. The van der Waals surface area contributed by atoms with Crippen LogP contribution in [0.3, 0.4) is 0 Å². The number of sulfonamides is 1. The highest BCUT2D eigenvalue weighted by Crippen LogP contribution is 2.21. The maximum absolute atomic E-state index is 12.4. The van der Waals surface area contributed by atoms with Crippen molar-refractivity contribution in [2.75, 3.05) is 6.61 Å². The number of aliphatic hydroxyl groups excluding tert-OH is 1. The molecule has 2 rings (SSSR count). The highest BCUT2D eigenvalue weighted by atomic mass is 35.5. The van der Waals surface area contributed by atoms with Crippen molar-refractivity contribution in [1.82, 2.24) is 4.72 Å². The first-order valence-electron chi connectivity index (χ1n) is 6.46. The predicted octanol–water partition coefficient (Wildman–Crippen LogP) is 2.74. The molecule has 0 saturated heterocycles. The van der Waals surface area contributed by atoms with Crippen molar-refractivity contribution in [1.29, 1.82) is 0 Å². The van der Waals surface area contributed by atoms with E-state index in [1.807, 2.05) is 30.3 Å². The second kappa shape index (κ2) is 7.04. The fraction of sp³-hybridized carbons (Fsp3) is 0.200. The maximum atomic E-state index is 12.4. The van der Waals surface area contributed by atoms with Crippen molar-refractivity contribution in [3.8, 4) is 0 Å². The van der Waals surface area contributed by atoms with Crippen LogP contribution >= 0.6 is 11.6 Å². The van der Waals surface area contributed by atoms with Gasteiger partial charge in [-0.15, -0.1) is 0 Å². The largest absolute Gasteiger partial charge is 0.396 e. The fourth-order valence-corrected chi connectivity index (χ4v) is 3.56. The topological polar surface area (TPSA) is 66.4 Å². The lowest BCUT2D eigenvalue weighted by Crippen LogP contribution is -2.29. The third-order valence-corrected chi connectivity index (χ3v) is 4.73. The van der Waals surface area contributed by atoms with E-state index in [4.69, 9.17) is 16.7 Å². The van der Waals surface area contributed by atoms with Gasteiger partial charge in [-0.05, 0) is 30.2 Å². The number of nitrogens with one attached hydrogen (secondary N) is 1. The molecule has 0 aliphatic rings. The summed E-state index contributed by atoms with van der Waals surface area (Å²) in [5.74, 6) is 0. The van der Waals surface area contributed by atoms with E-state index in [0.717, 1.165) is 5.56 Å². The van der Waals surface area contributed by atoms with Gasteiger partial charge >= 0.3 is 0 Å². The smallest absolute Gasteiger partial charge is 0.241 e. The molecule has 0 fully saturated rings. The molecule has 4 nitrogen and oxygen atoms in total. The lowest BCUT2D eigenvalue weighted by molar-refractivity contribution is 0.272. The van der Waals surface area contributed by atoms with Crippen LogP contribution in [0.5, 0.6) is 0 Å². The van der Waals surface area contributed by atoms with E-state index >= 15 is 0 Å². The molecular formula is C15H16ClNO3S. The van der Waals surface area contributed by atoms with Crippen LogP contribution in [0, 0.1) is 0 Å². The average molecular weight is 326 g/mol. The van der Waals surface area contributed by atoms with E-state index in [-0.39, 0.29) is 11.5 Å². The molecule has 2 N–H and O–H groups in total. The van der Waals surface area contributed by atoms with Crippen LogP contribution in [0.25, 0.3) is 0 Å². The Labute approximate surface area is 129 Å². The van der Waals surface area contributed by atoms with E-state index < -0.39 is 16.1 Å². The Kier molecular flexibility index (Phi) is 5.36. The molecule has 0 unspecified atom stereocenters. The zero-order valence-corrected chi connectivity index (χ0v) is 12.8. The van der Waals surface area contributed by atoms with Crippen LogP contribution in [0.15, 0.2) is 59.5 Å². The lowest BCUT2D eigenvalue weighted by atomic mass is 10.1. The lowest BCUT2D eigenvalue weighted by Gasteiger charge is -2.18. The Balaban J connectivity index is 2.28. The third kappa shape index (κ3) is 4.28. The molecule has 0 aliphatic heterocycles. The zero-order chi connectivity index (χ0) is 15.3. The molecule has 0 aromatic heterocycles. The molecule has 21 heavy (non-hydrogen) atoms. The molecule has 0 amide bonds. The number of aliphatic hydroxyl groups is 1. The van der Waals surface area contributed by atoms with E-state index in [9.17, 15) is 8.42 Å². The van der Waals surface area contributed by atoms with Gasteiger partial charge in [0.2, 0.25) is 10.0 Å². The molecule has 2 aromatic rings. The summed E-state index contributed by atoms with van der Waals surface area (Å²) in [6, 6.07) is 14.7. The minimum atomic E-state index is -3.70. The molecule has 0 saturated carbocycles. The summed E-state index contributed by atoms with van der Waals surface area (Å²) in [4.78, 5) is 0.105. The first-order chi connectivity index (χ1) is 10.0. The molecule has 0 radical (unpaired) electrons. The molecule has 0 spiro atoms. The fourth-order valence-electron chi connectivity index (χ4n) is 2.00. The van der Waals surface area contributed by atoms with Crippen molar-refractivity contribution >= 4 is 21.6 Å². The van der Waals surface area contributed by atoms with Crippen LogP contribution in [-0.2, 0) is 10.0 Å². The van der Waals surface area contributed by atoms with Gasteiger partial charge in [-0.25, -0.2) is 13.1 Å². The summed E-state index contributed by atoms with van der Waals surface area (Å²) < 4.78 is 27.4. The van der Waals surface area contributed by atoms with E-state index in [0.29, 0.717) is 11.4 Å². The Bertz CT molecular complexity index is 689. The molecule has 2 aromatic carbocycles. The molecule has 0 heterocycles. The minimum absolute atomic E-state index is 0.105. The highest BCUT2D eigenvalue weighted by Gasteiger charge is 2.21. The minimum Gasteiger partial charge on any atom is -0.396 e. The molecule has 0 bridgehead atoms. The zero-order valence-electron chi connectivity index (χ0n) is 11.2. The Hall–Kier alpha value is -1.40. The normalized spacial score (nSPS) is 13.0. The average Bonchev–Trinajstić information content (AvgIpc) is 2.47. The second-order valence-electron chi connectivity index (χ2n) is 4.55. The Morgan fingerprint density at radius 1 is 1.10 bits per heavy atom. The van der Waals surface area contributed by atoms with Crippen LogP contribution in [0.1, 0.15) is 18.0 Å². The molecule has 0 aliphatic carbocycles. The van der Waals surface area contributed by atoms with Gasteiger partial charge in [0, 0.05) is 17.7 Å². The van der Waals surface area contributed by atoms with Gasteiger partial charge < -0.3 is 5.11 Å². The summed E-state index contributed by atoms with van der Waals surface area (Å²) in [7, 11) is -3.70. The van der Waals surface area contributed by atoms with Gasteiger partial charge in [0.15, 0.2) is 0 Å². The second-order valence-corrected chi connectivity index (χ2v) is 6.70. The van der Waals surface area contributed by atoms with Crippen LogP contribution in [0.4, 0.5) is 0 Å². The molecule has 112 valence electrons. The summed E-state index contributed by atoms with van der Waals surface area (Å²) in [6.45, 7) is -0.113. The molecular weight excluding hydrogens is 310 g/mol. The van der Waals surface area contributed by atoms with Crippen molar-refractivity contribution < 1.29 is 13.5 Å². The van der Waals surface area contributed by atoms with Crippen molar-refractivity contribution in [2.45, 2.75) is 17.4 Å². The number of hydrogen-bond acceptors (Lipinski definition) is 3. The van der Waals surface area contributed by atoms with Crippen LogP contribution in [-0.4, -0.2) is 20.1 Å². The standard InChI is InChI=1S/C15H16ClNO3S/c16-13-7-4-8-14(11-13)21(19,20)17-15(9-10-18)12-5-2-1-3-6-12/h1-8,11,15,17-18H,9-10H2/t15-/m1/s1. The van der Waals surface area contributed by atoms with E-state index in [1.54, 1.807) is 12.1 Å². The first kappa shape index (κ1) is 16.0. The van der Waals surface area contributed by atoms with Gasteiger partial charge in [0.05, 0.1) is 4.90 Å². The quantitative estimate of drug-likeness (QED) is 0.858. The first-order valence-corrected chi connectivity index (χ1v) is 8.33. The number of halogens is 1. The SMILES string of the molecule is O=S(=O)(N[C@H](CCO)c1ccccc1)c1cccc(Cl)c1. The Morgan fingerprint density at radius 2 is 1.81 bits per heavy atom. The third-order valence-electron chi connectivity index (χ3n) is 3.02. The number of benzene rings is 2. The summed E-state index contributed by atoms with van der Waals surface area (Å²) in [5, 5.41) is 9.51. The summed E-state index contributed by atoms with van der Waals surface area (Å²) in [5.41, 5.74) is 0.803. The van der Waals surface area contributed by atoms with Crippen molar-refractivity contribution in [2.24, 2.45) is 0 Å². The van der Waals surface area contributed by atoms with Crippen molar-refractivity contribution in [3.05, 3.63) is 65.2 Å². The summed E-state index contributed by atoms with van der Waals surface area (Å²) >= 11 is 5.83. The van der Waals surface area contributed by atoms with Gasteiger partial charge in [-0.3, -0.25) is 0 Å². The van der Waals surface area contributed by atoms with Gasteiger partial charge in [0.25, 0.3) is 0 Å². The Morgan fingerprint density at radius 3 is 2.43 bits per heavy atom. The van der Waals surface area contributed by atoms with Crippen LogP contribution in [0.2, 0.25) is 5.02 Å². The van der Waals surface area contributed by atoms with Gasteiger partial charge in [-0.1, -0.05) is 48.0 Å². The van der Waals surface area contributed by atoms with Crippen LogP contribution < -0.4 is 4.72 Å². The monoisotopic (exact) mass is 325 g/mol. The maximum Gasteiger partial charge on any atom is 0.241 e. The number of hydrogen-bond donors (Lipinski definition) is 2. The van der Waals surface area contributed by atoms with Gasteiger partial charge in [0.1, 0.15) is 0 Å². The van der Waals surface area contributed by atoms with Gasteiger partial charge in [-0.2, -0.15) is 0 Å². The number of rotatable bonds is 6. The van der Waals surface area contributed by atoms with E-state index in [2.05, 4.69) is 4.72 Å². The summed E-state index contributed by atoms with van der Waals surface area (Å²) in [6.07, 6.45) is 0.295. The molecule has 1 atom stereocenters. The molecule has 6 heteroatoms. The highest BCUT2D eigenvalue weighted by molar-refractivity contribution is 7.89. The van der Waals surface area contributed by atoms with Crippen molar-refractivity contribution in [3.63, 3.8) is 0 Å².